The Balaban J connectivity index is 1.65. The fourth-order valence-corrected chi connectivity index (χ4v) is 4.21. The lowest BCUT2D eigenvalue weighted by Crippen LogP contribution is -2.29. The molecule has 1 fully saturated rings. The molecule has 2 unspecified atom stereocenters. The van der Waals surface area contributed by atoms with Crippen LogP contribution in [0, 0.1) is 5.92 Å². The molecule has 1 saturated heterocycles. The Hall–Kier alpha value is -2.74. The Morgan fingerprint density at radius 3 is 2.83 bits per heavy atom. The van der Waals surface area contributed by atoms with Crippen LogP contribution in [0.25, 0.3) is 0 Å². The monoisotopic (exact) mass is 429 g/mol. The van der Waals surface area contributed by atoms with Gasteiger partial charge in [-0.2, -0.15) is 0 Å². The Morgan fingerprint density at radius 2 is 2.10 bits per heavy atom. The van der Waals surface area contributed by atoms with Crippen molar-refractivity contribution >= 4 is 39.9 Å². The van der Waals surface area contributed by atoms with E-state index in [-0.39, 0.29) is 30.6 Å². The summed E-state index contributed by atoms with van der Waals surface area (Å²) < 4.78 is 4.91. The number of amides is 2. The molecule has 0 bridgehead atoms. The van der Waals surface area contributed by atoms with Gasteiger partial charge in [-0.05, 0) is 30.9 Å². The van der Waals surface area contributed by atoms with Crippen molar-refractivity contribution in [1.82, 2.24) is 4.98 Å². The molecule has 160 valence electrons. The Morgan fingerprint density at radius 1 is 1.33 bits per heavy atom. The number of aromatic nitrogens is 1. The first kappa shape index (κ1) is 22.0. The zero-order chi connectivity index (χ0) is 21.7. The van der Waals surface area contributed by atoms with Gasteiger partial charge in [0.05, 0.1) is 24.6 Å². The van der Waals surface area contributed by atoms with Gasteiger partial charge in [-0.15, -0.1) is 11.3 Å². The number of thiazole rings is 1. The molecule has 1 aliphatic rings. The van der Waals surface area contributed by atoms with E-state index < -0.39 is 5.92 Å². The maximum absolute atomic E-state index is 12.7. The summed E-state index contributed by atoms with van der Waals surface area (Å²) in [6, 6.07) is 7.89. The molecule has 2 heterocycles. The van der Waals surface area contributed by atoms with Crippen LogP contribution in [0.1, 0.15) is 50.8 Å². The lowest BCUT2D eigenvalue weighted by molar-refractivity contribution is -0.142. The molecule has 8 heteroatoms. The predicted octanol–water partition coefficient (Wildman–Crippen LogP) is 3.75. The minimum absolute atomic E-state index is 0.0481. The van der Waals surface area contributed by atoms with Crippen molar-refractivity contribution in [2.45, 2.75) is 46.0 Å². The molecule has 30 heavy (non-hydrogen) atoms. The van der Waals surface area contributed by atoms with Crippen LogP contribution in [-0.2, 0) is 25.5 Å². The van der Waals surface area contributed by atoms with Crippen molar-refractivity contribution in [3.8, 4) is 0 Å². The fraction of sp³-hybridized carbons (Fsp3) is 0.455. The van der Waals surface area contributed by atoms with E-state index in [2.05, 4.69) is 24.1 Å². The lowest BCUT2D eigenvalue weighted by Gasteiger charge is -2.23. The topological polar surface area (TPSA) is 88.6 Å². The fourth-order valence-electron chi connectivity index (χ4n) is 3.50. The van der Waals surface area contributed by atoms with Crippen molar-refractivity contribution in [2.75, 3.05) is 23.4 Å². The summed E-state index contributed by atoms with van der Waals surface area (Å²) in [7, 11) is 0. The third-order valence-corrected chi connectivity index (χ3v) is 6.09. The molecule has 0 radical (unpaired) electrons. The summed E-state index contributed by atoms with van der Waals surface area (Å²) >= 11 is 1.25. The average Bonchev–Trinajstić information content (AvgIpc) is 3.33. The summed E-state index contributed by atoms with van der Waals surface area (Å²) in [5.74, 6) is -0.746. The molecule has 2 atom stereocenters. The zero-order valence-corrected chi connectivity index (χ0v) is 18.3. The number of anilines is 2. The standard InChI is InChI=1S/C22H27N3O4S/c1-4-14(3)17-8-6-7-9-18(17)25-12-15(10-19(25)26)21(28)24-22-23-16(13-30-22)11-20(27)29-5-2/h6-9,13-15H,4-5,10-12H2,1-3H3,(H,23,24,28). The number of nitrogens with one attached hydrogen (secondary N) is 1. The summed E-state index contributed by atoms with van der Waals surface area (Å²) in [5, 5.41) is 4.93. The second-order valence-electron chi connectivity index (χ2n) is 7.39. The van der Waals surface area contributed by atoms with Crippen LogP contribution >= 0.6 is 11.3 Å². The molecule has 1 aromatic carbocycles. The first-order valence-corrected chi connectivity index (χ1v) is 11.1. The number of nitrogens with zero attached hydrogens (tertiary/aromatic N) is 2. The van der Waals surface area contributed by atoms with Crippen LogP contribution in [0.5, 0.6) is 0 Å². The normalized spacial score (nSPS) is 17.1. The molecule has 1 N–H and O–H groups in total. The van der Waals surface area contributed by atoms with Gasteiger partial charge in [0.2, 0.25) is 11.8 Å². The smallest absolute Gasteiger partial charge is 0.311 e. The number of ether oxygens (including phenoxy) is 1. The van der Waals surface area contributed by atoms with Crippen molar-refractivity contribution in [2.24, 2.45) is 5.92 Å². The zero-order valence-electron chi connectivity index (χ0n) is 17.5. The molecule has 0 aliphatic carbocycles. The molecule has 1 aromatic heterocycles. The van der Waals surface area contributed by atoms with Crippen LogP contribution in [-0.4, -0.2) is 35.9 Å². The summed E-state index contributed by atoms with van der Waals surface area (Å²) in [5.41, 5.74) is 2.57. The summed E-state index contributed by atoms with van der Waals surface area (Å²) in [4.78, 5) is 43.0. The SMILES string of the molecule is CCOC(=O)Cc1csc(NC(=O)C2CC(=O)N(c3ccccc3C(C)CC)C2)n1. The van der Waals surface area contributed by atoms with E-state index in [0.717, 1.165) is 17.7 Å². The van der Waals surface area contributed by atoms with Crippen molar-refractivity contribution in [3.63, 3.8) is 0 Å². The van der Waals surface area contributed by atoms with Crippen LogP contribution in [0.2, 0.25) is 0 Å². The number of hydrogen-bond donors (Lipinski definition) is 1. The van der Waals surface area contributed by atoms with Gasteiger partial charge in [0.15, 0.2) is 5.13 Å². The number of benzene rings is 1. The average molecular weight is 430 g/mol. The minimum atomic E-state index is -0.445. The van der Waals surface area contributed by atoms with E-state index in [1.165, 1.54) is 11.3 Å². The van der Waals surface area contributed by atoms with E-state index >= 15 is 0 Å². The molecule has 2 aromatic rings. The van der Waals surface area contributed by atoms with E-state index in [1.54, 1.807) is 17.2 Å². The van der Waals surface area contributed by atoms with Gasteiger partial charge in [0.1, 0.15) is 0 Å². The second-order valence-corrected chi connectivity index (χ2v) is 8.25. The summed E-state index contributed by atoms with van der Waals surface area (Å²) in [6.45, 7) is 6.67. The predicted molar refractivity (Wildman–Crippen MR) is 117 cm³/mol. The number of rotatable bonds is 8. The summed E-state index contributed by atoms with van der Waals surface area (Å²) in [6.07, 6.45) is 1.21. The van der Waals surface area contributed by atoms with Crippen LogP contribution < -0.4 is 10.2 Å². The Labute approximate surface area is 180 Å². The van der Waals surface area contributed by atoms with Crippen LogP contribution in [0.15, 0.2) is 29.6 Å². The van der Waals surface area contributed by atoms with Gasteiger partial charge in [-0.1, -0.05) is 32.0 Å². The van der Waals surface area contributed by atoms with E-state index in [9.17, 15) is 14.4 Å². The van der Waals surface area contributed by atoms with Crippen LogP contribution in [0.4, 0.5) is 10.8 Å². The van der Waals surface area contributed by atoms with Gasteiger partial charge < -0.3 is 15.0 Å². The van der Waals surface area contributed by atoms with Gasteiger partial charge in [0, 0.05) is 24.0 Å². The highest BCUT2D eigenvalue weighted by Gasteiger charge is 2.36. The van der Waals surface area contributed by atoms with E-state index in [4.69, 9.17) is 4.74 Å². The second kappa shape index (κ2) is 9.84. The highest BCUT2D eigenvalue weighted by molar-refractivity contribution is 7.13. The maximum atomic E-state index is 12.7. The maximum Gasteiger partial charge on any atom is 0.311 e. The first-order chi connectivity index (χ1) is 14.4. The molecule has 2 amide bonds. The van der Waals surface area contributed by atoms with Gasteiger partial charge >= 0.3 is 5.97 Å². The quantitative estimate of drug-likeness (QED) is 0.646. The molecular weight excluding hydrogens is 402 g/mol. The Kier molecular flexibility index (Phi) is 7.20. The third kappa shape index (κ3) is 5.05. The Bertz CT molecular complexity index is 927. The van der Waals surface area contributed by atoms with Gasteiger partial charge in [-0.3, -0.25) is 14.4 Å². The van der Waals surface area contributed by atoms with Gasteiger partial charge in [-0.25, -0.2) is 4.98 Å². The highest BCUT2D eigenvalue weighted by atomic mass is 32.1. The number of esters is 1. The van der Waals surface area contributed by atoms with Crippen molar-refractivity contribution in [1.29, 1.82) is 0 Å². The molecule has 7 nitrogen and oxygen atoms in total. The van der Waals surface area contributed by atoms with Crippen molar-refractivity contribution in [3.05, 3.63) is 40.9 Å². The van der Waals surface area contributed by atoms with E-state index in [1.807, 2.05) is 24.3 Å². The number of carbonyl (C=O) groups is 3. The first-order valence-electron chi connectivity index (χ1n) is 10.2. The number of carbonyl (C=O) groups excluding carboxylic acids is 3. The molecule has 0 saturated carbocycles. The molecule has 0 spiro atoms. The molecule has 3 rings (SSSR count). The largest absolute Gasteiger partial charge is 0.466 e. The molecular formula is C22H27N3O4S. The molecule has 1 aliphatic heterocycles. The van der Waals surface area contributed by atoms with Gasteiger partial charge in [0.25, 0.3) is 0 Å². The van der Waals surface area contributed by atoms with Crippen LogP contribution in [0.3, 0.4) is 0 Å². The van der Waals surface area contributed by atoms with Crippen molar-refractivity contribution < 1.29 is 19.1 Å². The highest BCUT2D eigenvalue weighted by Crippen LogP contribution is 2.33. The number of para-hydroxylation sites is 1. The number of hydrogen-bond acceptors (Lipinski definition) is 6. The van der Waals surface area contributed by atoms with E-state index in [0.29, 0.717) is 29.9 Å². The third-order valence-electron chi connectivity index (χ3n) is 5.28. The minimum Gasteiger partial charge on any atom is -0.466 e. The lowest BCUT2D eigenvalue weighted by atomic mass is 9.96.